The second-order valence-corrected chi connectivity index (χ2v) is 5.33. The highest BCUT2D eigenvalue weighted by Gasteiger charge is 2.16. The Bertz CT molecular complexity index is 375. The maximum atomic E-state index is 5.70. The summed E-state index contributed by atoms with van der Waals surface area (Å²) >= 11 is 0. The highest BCUT2D eigenvalue weighted by atomic mass is 16.5. The average Bonchev–Trinajstić information content (AvgIpc) is 2.46. The summed E-state index contributed by atoms with van der Waals surface area (Å²) < 4.78 is 5.70. The number of ether oxygens (including phenoxy) is 1. The maximum absolute atomic E-state index is 5.70. The van der Waals surface area contributed by atoms with Gasteiger partial charge in [0.1, 0.15) is 5.75 Å². The fourth-order valence-corrected chi connectivity index (χ4v) is 2.58. The highest BCUT2D eigenvalue weighted by molar-refractivity contribution is 5.29. The van der Waals surface area contributed by atoms with Crippen molar-refractivity contribution >= 4 is 0 Å². The van der Waals surface area contributed by atoms with Crippen LogP contribution in [0.5, 0.6) is 5.75 Å². The van der Waals surface area contributed by atoms with Crippen molar-refractivity contribution in [1.82, 2.24) is 10.2 Å². The van der Waals surface area contributed by atoms with E-state index in [1.807, 2.05) is 0 Å². The van der Waals surface area contributed by atoms with Crippen LogP contribution in [0.25, 0.3) is 0 Å². The number of piperazine rings is 1. The normalized spacial score (nSPS) is 18.2. The van der Waals surface area contributed by atoms with E-state index < -0.39 is 0 Å². The van der Waals surface area contributed by atoms with Gasteiger partial charge in [0, 0.05) is 32.2 Å². The molecule has 0 bridgehead atoms. The number of nitrogens with zero attached hydrogens (tertiary/aromatic N) is 1. The first-order valence-electron chi connectivity index (χ1n) is 7.46. The van der Waals surface area contributed by atoms with Crippen LogP contribution in [0, 0.1) is 0 Å². The summed E-state index contributed by atoms with van der Waals surface area (Å²) in [5.41, 5.74) is 1.37. The van der Waals surface area contributed by atoms with Crippen molar-refractivity contribution in [3.8, 4) is 5.75 Å². The Labute approximate surface area is 116 Å². The van der Waals surface area contributed by atoms with Gasteiger partial charge in [-0.2, -0.15) is 0 Å². The fraction of sp³-hybridized carbons (Fsp3) is 0.625. The minimum Gasteiger partial charge on any atom is -0.494 e. The molecule has 1 aliphatic heterocycles. The van der Waals surface area contributed by atoms with E-state index in [1.165, 1.54) is 5.56 Å². The second-order valence-electron chi connectivity index (χ2n) is 5.33. The van der Waals surface area contributed by atoms with Crippen LogP contribution >= 0.6 is 0 Å². The SMILES string of the molecule is CCCOc1cccc(CC(C)N2CCNCC2)c1. The van der Waals surface area contributed by atoms with Gasteiger partial charge in [0.15, 0.2) is 0 Å². The van der Waals surface area contributed by atoms with Gasteiger partial charge in [-0.25, -0.2) is 0 Å². The first-order chi connectivity index (χ1) is 9.29. The molecule has 1 atom stereocenters. The number of hydrogen-bond acceptors (Lipinski definition) is 3. The van der Waals surface area contributed by atoms with Gasteiger partial charge in [-0.1, -0.05) is 19.1 Å². The summed E-state index contributed by atoms with van der Waals surface area (Å²) in [6, 6.07) is 9.15. The molecule has 1 unspecified atom stereocenters. The molecule has 2 rings (SSSR count). The molecular formula is C16H26N2O. The molecule has 1 N–H and O–H groups in total. The van der Waals surface area contributed by atoms with E-state index in [0.29, 0.717) is 6.04 Å². The summed E-state index contributed by atoms with van der Waals surface area (Å²) in [7, 11) is 0. The zero-order valence-corrected chi connectivity index (χ0v) is 12.2. The highest BCUT2D eigenvalue weighted by Crippen LogP contribution is 2.16. The molecule has 19 heavy (non-hydrogen) atoms. The molecule has 1 aromatic carbocycles. The van der Waals surface area contributed by atoms with Crippen LogP contribution in [-0.2, 0) is 6.42 Å². The van der Waals surface area contributed by atoms with Crippen LogP contribution in [0.1, 0.15) is 25.8 Å². The first kappa shape index (κ1) is 14.4. The van der Waals surface area contributed by atoms with E-state index in [-0.39, 0.29) is 0 Å². The van der Waals surface area contributed by atoms with Gasteiger partial charge in [-0.05, 0) is 37.5 Å². The van der Waals surface area contributed by atoms with Crippen LogP contribution in [-0.4, -0.2) is 43.7 Å². The van der Waals surface area contributed by atoms with Crippen LogP contribution in [0.3, 0.4) is 0 Å². The van der Waals surface area contributed by atoms with E-state index in [4.69, 9.17) is 4.74 Å². The minimum atomic E-state index is 0.600. The first-order valence-corrected chi connectivity index (χ1v) is 7.46. The minimum absolute atomic E-state index is 0.600. The molecule has 106 valence electrons. The van der Waals surface area contributed by atoms with Crippen molar-refractivity contribution in [2.75, 3.05) is 32.8 Å². The summed E-state index contributed by atoms with van der Waals surface area (Å²) in [6.07, 6.45) is 2.16. The number of rotatable bonds is 6. The molecule has 0 radical (unpaired) electrons. The van der Waals surface area contributed by atoms with Gasteiger partial charge in [0.25, 0.3) is 0 Å². The van der Waals surface area contributed by atoms with Gasteiger partial charge >= 0.3 is 0 Å². The topological polar surface area (TPSA) is 24.5 Å². The lowest BCUT2D eigenvalue weighted by molar-refractivity contribution is 0.183. The van der Waals surface area contributed by atoms with Gasteiger partial charge in [-0.15, -0.1) is 0 Å². The van der Waals surface area contributed by atoms with Gasteiger partial charge < -0.3 is 10.1 Å². The summed E-state index contributed by atoms with van der Waals surface area (Å²) in [4.78, 5) is 2.57. The average molecular weight is 262 g/mol. The summed E-state index contributed by atoms with van der Waals surface area (Å²) in [6.45, 7) is 9.81. The van der Waals surface area contributed by atoms with Crippen LogP contribution < -0.4 is 10.1 Å². The van der Waals surface area contributed by atoms with Crippen LogP contribution in [0.4, 0.5) is 0 Å². The smallest absolute Gasteiger partial charge is 0.119 e. The van der Waals surface area contributed by atoms with Crippen molar-refractivity contribution in [3.63, 3.8) is 0 Å². The Morgan fingerprint density at radius 3 is 2.84 bits per heavy atom. The Morgan fingerprint density at radius 1 is 1.32 bits per heavy atom. The lowest BCUT2D eigenvalue weighted by Crippen LogP contribution is -2.48. The molecular weight excluding hydrogens is 236 g/mol. The van der Waals surface area contributed by atoms with E-state index in [9.17, 15) is 0 Å². The van der Waals surface area contributed by atoms with Gasteiger partial charge in [0.05, 0.1) is 6.61 Å². The van der Waals surface area contributed by atoms with E-state index >= 15 is 0 Å². The fourth-order valence-electron chi connectivity index (χ4n) is 2.58. The molecule has 0 aliphatic carbocycles. The number of benzene rings is 1. The van der Waals surface area contributed by atoms with E-state index in [0.717, 1.165) is 51.4 Å². The summed E-state index contributed by atoms with van der Waals surface area (Å²) in [5, 5.41) is 3.40. The van der Waals surface area contributed by atoms with Crippen molar-refractivity contribution in [1.29, 1.82) is 0 Å². The molecule has 3 heteroatoms. The Hall–Kier alpha value is -1.06. The number of nitrogens with one attached hydrogen (secondary N) is 1. The Morgan fingerprint density at radius 2 is 2.11 bits per heavy atom. The molecule has 1 saturated heterocycles. The van der Waals surface area contributed by atoms with Gasteiger partial charge in [-0.3, -0.25) is 4.90 Å². The molecule has 0 aromatic heterocycles. The second kappa shape index (κ2) is 7.51. The van der Waals surface area contributed by atoms with Crippen molar-refractivity contribution in [3.05, 3.63) is 29.8 Å². The predicted molar refractivity (Wildman–Crippen MR) is 79.8 cm³/mol. The third kappa shape index (κ3) is 4.51. The van der Waals surface area contributed by atoms with Crippen LogP contribution in [0.2, 0.25) is 0 Å². The van der Waals surface area contributed by atoms with E-state index in [2.05, 4.69) is 48.3 Å². The van der Waals surface area contributed by atoms with Crippen LogP contribution in [0.15, 0.2) is 24.3 Å². The molecule has 0 spiro atoms. The molecule has 0 saturated carbocycles. The Kier molecular flexibility index (Phi) is 5.67. The number of hydrogen-bond donors (Lipinski definition) is 1. The predicted octanol–water partition coefficient (Wildman–Crippen LogP) is 2.31. The lowest BCUT2D eigenvalue weighted by atomic mass is 10.1. The van der Waals surface area contributed by atoms with Crippen molar-refractivity contribution < 1.29 is 4.74 Å². The zero-order valence-electron chi connectivity index (χ0n) is 12.2. The molecule has 3 nitrogen and oxygen atoms in total. The van der Waals surface area contributed by atoms with Crippen molar-refractivity contribution in [2.45, 2.75) is 32.7 Å². The molecule has 1 aliphatic rings. The zero-order chi connectivity index (χ0) is 13.5. The maximum Gasteiger partial charge on any atom is 0.119 e. The standard InChI is InChI=1S/C16H26N2O/c1-3-11-19-16-6-4-5-15(13-16)12-14(2)18-9-7-17-8-10-18/h4-6,13-14,17H,3,7-12H2,1-2H3. The molecule has 1 heterocycles. The molecule has 0 amide bonds. The molecule has 1 aromatic rings. The Balaban J connectivity index is 1.90. The quantitative estimate of drug-likeness (QED) is 0.851. The third-order valence-corrected chi connectivity index (χ3v) is 3.68. The monoisotopic (exact) mass is 262 g/mol. The van der Waals surface area contributed by atoms with E-state index in [1.54, 1.807) is 0 Å². The molecule has 1 fully saturated rings. The third-order valence-electron chi connectivity index (χ3n) is 3.68. The lowest BCUT2D eigenvalue weighted by Gasteiger charge is -2.32. The largest absolute Gasteiger partial charge is 0.494 e. The van der Waals surface area contributed by atoms with Gasteiger partial charge in [0.2, 0.25) is 0 Å². The van der Waals surface area contributed by atoms with Crippen molar-refractivity contribution in [2.24, 2.45) is 0 Å². The summed E-state index contributed by atoms with van der Waals surface area (Å²) in [5.74, 6) is 1.01.